The summed E-state index contributed by atoms with van der Waals surface area (Å²) in [5.41, 5.74) is 1.63. The van der Waals surface area contributed by atoms with Crippen LogP contribution in [0.25, 0.3) is 0 Å². The van der Waals surface area contributed by atoms with Gasteiger partial charge in [0.2, 0.25) is 0 Å². The van der Waals surface area contributed by atoms with Gasteiger partial charge in [-0.25, -0.2) is 4.79 Å². The van der Waals surface area contributed by atoms with Crippen LogP contribution in [0.15, 0.2) is 42.6 Å². The van der Waals surface area contributed by atoms with Crippen LogP contribution in [0.2, 0.25) is 0 Å². The third-order valence-electron chi connectivity index (χ3n) is 5.69. The lowest BCUT2D eigenvalue weighted by molar-refractivity contribution is -0.122. The molecule has 3 rings (SSSR count). The van der Waals surface area contributed by atoms with Crippen LogP contribution in [0, 0.1) is 0 Å². The molecular weight excluding hydrogens is 424 g/mol. The number of likely N-dealkylation sites (tertiary alicyclic amines) is 1. The van der Waals surface area contributed by atoms with Crippen molar-refractivity contribution in [3.63, 3.8) is 0 Å². The van der Waals surface area contributed by atoms with Crippen LogP contribution in [0.1, 0.15) is 25.5 Å². The molecular formula is C24H34N4O5. The second-order valence-electron chi connectivity index (χ2n) is 7.53. The molecule has 1 aliphatic rings. The maximum Gasteiger partial charge on any atom is 0.322 e. The number of nitrogens with zero attached hydrogens (tertiary/aromatic N) is 3. The number of hydrogen-bond acceptors (Lipinski definition) is 6. The number of urea groups is 1. The predicted molar refractivity (Wildman–Crippen MR) is 127 cm³/mol. The number of pyridine rings is 1. The number of anilines is 1. The van der Waals surface area contributed by atoms with E-state index in [0.717, 1.165) is 44.6 Å². The number of methoxy groups -OCH3 is 2. The standard InChI is InChI=1S/C23H32N4O3.CH2O2/c1-4-26-14-11-19(12-15-26)27(16-10-18-7-5-6-13-24-18)23(28)25-21-9-8-20(29-2)17-22(21)30-3;2-1-3/h5-9,13,17,19H,4,10-12,14-16H2,1-3H3,(H,25,28);1H,(H,2,3). The highest BCUT2D eigenvalue weighted by Crippen LogP contribution is 2.29. The molecule has 2 aromatic rings. The first-order chi connectivity index (χ1) is 16.1. The zero-order valence-corrected chi connectivity index (χ0v) is 19.6. The van der Waals surface area contributed by atoms with Crippen molar-refractivity contribution >= 4 is 18.2 Å². The van der Waals surface area contributed by atoms with Crippen LogP contribution >= 0.6 is 0 Å². The highest BCUT2D eigenvalue weighted by molar-refractivity contribution is 5.91. The highest BCUT2D eigenvalue weighted by atomic mass is 16.5. The Balaban J connectivity index is 0.00000122. The normalized spacial score (nSPS) is 13.9. The van der Waals surface area contributed by atoms with Gasteiger partial charge in [-0.1, -0.05) is 13.0 Å². The maximum atomic E-state index is 13.3. The van der Waals surface area contributed by atoms with Crippen LogP contribution in [-0.2, 0) is 11.2 Å². The van der Waals surface area contributed by atoms with Crippen LogP contribution in [-0.4, -0.2) is 78.8 Å². The Morgan fingerprint density at radius 1 is 1.24 bits per heavy atom. The van der Waals surface area contributed by atoms with Crippen LogP contribution in [0.5, 0.6) is 11.5 Å². The Hall–Kier alpha value is -3.33. The van der Waals surface area contributed by atoms with E-state index in [1.54, 1.807) is 26.5 Å². The number of piperidine rings is 1. The largest absolute Gasteiger partial charge is 0.497 e. The quantitative estimate of drug-likeness (QED) is 0.585. The van der Waals surface area contributed by atoms with Crippen molar-refractivity contribution < 1.29 is 24.2 Å². The fourth-order valence-electron chi connectivity index (χ4n) is 3.87. The van der Waals surface area contributed by atoms with Gasteiger partial charge in [0, 0.05) is 50.1 Å². The van der Waals surface area contributed by atoms with E-state index >= 15 is 0 Å². The Bertz CT molecular complexity index is 857. The van der Waals surface area contributed by atoms with Crippen LogP contribution < -0.4 is 14.8 Å². The molecule has 9 heteroatoms. The molecule has 0 bridgehead atoms. The molecule has 2 heterocycles. The van der Waals surface area contributed by atoms with Crippen molar-refractivity contribution in [2.45, 2.75) is 32.2 Å². The minimum Gasteiger partial charge on any atom is -0.497 e. The lowest BCUT2D eigenvalue weighted by atomic mass is 10.0. The molecule has 1 aromatic heterocycles. The fraction of sp³-hybridized carbons (Fsp3) is 0.458. The summed E-state index contributed by atoms with van der Waals surface area (Å²) in [7, 11) is 3.19. The molecule has 0 atom stereocenters. The second-order valence-corrected chi connectivity index (χ2v) is 7.53. The minimum absolute atomic E-state index is 0.107. The Labute approximate surface area is 195 Å². The number of rotatable bonds is 8. The van der Waals surface area contributed by atoms with E-state index in [2.05, 4.69) is 22.1 Å². The van der Waals surface area contributed by atoms with Crippen molar-refractivity contribution in [2.24, 2.45) is 0 Å². The van der Waals surface area contributed by atoms with Gasteiger partial charge in [0.05, 0.1) is 19.9 Å². The highest BCUT2D eigenvalue weighted by Gasteiger charge is 2.28. The zero-order chi connectivity index (χ0) is 24.1. The van der Waals surface area contributed by atoms with Gasteiger partial charge in [0.15, 0.2) is 0 Å². The summed E-state index contributed by atoms with van der Waals surface area (Å²) in [5, 5.41) is 9.93. The first-order valence-electron chi connectivity index (χ1n) is 11.1. The third-order valence-corrected chi connectivity index (χ3v) is 5.69. The van der Waals surface area contributed by atoms with Crippen molar-refractivity contribution in [3.05, 3.63) is 48.3 Å². The third kappa shape index (κ3) is 7.94. The molecule has 2 N–H and O–H groups in total. The fourth-order valence-corrected chi connectivity index (χ4v) is 3.87. The number of benzene rings is 1. The van der Waals surface area contributed by atoms with E-state index in [4.69, 9.17) is 19.4 Å². The first kappa shape index (κ1) is 25.9. The van der Waals surface area contributed by atoms with E-state index in [1.807, 2.05) is 35.2 Å². The number of carbonyl (C=O) groups is 2. The lowest BCUT2D eigenvalue weighted by Crippen LogP contribution is -2.49. The lowest BCUT2D eigenvalue weighted by Gasteiger charge is -2.38. The number of ether oxygens (including phenoxy) is 2. The molecule has 9 nitrogen and oxygen atoms in total. The van der Waals surface area contributed by atoms with Gasteiger partial charge in [-0.15, -0.1) is 0 Å². The molecule has 1 saturated heterocycles. The summed E-state index contributed by atoms with van der Waals surface area (Å²) in [6.07, 6.45) is 4.47. The summed E-state index contributed by atoms with van der Waals surface area (Å²) < 4.78 is 10.7. The minimum atomic E-state index is -0.250. The molecule has 1 aliphatic heterocycles. The van der Waals surface area contributed by atoms with Crippen molar-refractivity contribution in [2.75, 3.05) is 45.7 Å². The molecule has 33 heavy (non-hydrogen) atoms. The molecule has 1 fully saturated rings. The number of hydrogen-bond donors (Lipinski definition) is 2. The molecule has 180 valence electrons. The molecule has 0 spiro atoms. The van der Waals surface area contributed by atoms with E-state index in [-0.39, 0.29) is 18.5 Å². The average Bonchev–Trinajstić information content (AvgIpc) is 2.86. The van der Waals surface area contributed by atoms with Gasteiger partial charge in [0.25, 0.3) is 6.47 Å². The Morgan fingerprint density at radius 2 is 1.97 bits per heavy atom. The average molecular weight is 459 g/mol. The topological polar surface area (TPSA) is 104 Å². The molecule has 0 radical (unpaired) electrons. The Kier molecular flexibility index (Phi) is 11.0. The first-order valence-corrected chi connectivity index (χ1v) is 11.1. The van der Waals surface area contributed by atoms with Gasteiger partial charge in [-0.3, -0.25) is 9.78 Å². The number of nitrogens with one attached hydrogen (secondary N) is 1. The van der Waals surface area contributed by atoms with E-state index in [0.29, 0.717) is 23.7 Å². The number of aromatic nitrogens is 1. The van der Waals surface area contributed by atoms with E-state index in [9.17, 15) is 4.79 Å². The summed E-state index contributed by atoms with van der Waals surface area (Å²) in [6, 6.07) is 11.4. The monoisotopic (exact) mass is 458 g/mol. The molecule has 1 aromatic carbocycles. The SMILES string of the molecule is CCN1CCC(N(CCc2ccccn2)C(=O)Nc2ccc(OC)cc2OC)CC1.O=CO. The number of carbonyl (C=O) groups excluding carboxylic acids is 1. The molecule has 0 unspecified atom stereocenters. The summed E-state index contributed by atoms with van der Waals surface area (Å²) in [6.45, 7) is 5.64. The van der Waals surface area contributed by atoms with Crippen molar-refractivity contribution in [1.82, 2.24) is 14.8 Å². The number of carboxylic acid groups (broad SMARTS) is 1. The van der Waals surface area contributed by atoms with Gasteiger partial charge >= 0.3 is 6.03 Å². The van der Waals surface area contributed by atoms with Gasteiger partial charge in [-0.2, -0.15) is 0 Å². The van der Waals surface area contributed by atoms with Crippen LogP contribution in [0.3, 0.4) is 0 Å². The summed E-state index contributed by atoms with van der Waals surface area (Å²) >= 11 is 0. The van der Waals surface area contributed by atoms with Crippen molar-refractivity contribution in [1.29, 1.82) is 0 Å². The Morgan fingerprint density at radius 3 is 2.55 bits per heavy atom. The summed E-state index contributed by atoms with van der Waals surface area (Å²) in [4.78, 5) is 30.5. The van der Waals surface area contributed by atoms with E-state index in [1.165, 1.54) is 0 Å². The predicted octanol–water partition coefficient (Wildman–Crippen LogP) is 3.36. The smallest absolute Gasteiger partial charge is 0.322 e. The molecule has 2 amide bonds. The van der Waals surface area contributed by atoms with Gasteiger partial charge in [0.1, 0.15) is 11.5 Å². The van der Waals surface area contributed by atoms with Crippen LogP contribution in [0.4, 0.5) is 10.5 Å². The maximum absolute atomic E-state index is 13.3. The zero-order valence-electron chi connectivity index (χ0n) is 19.6. The van der Waals surface area contributed by atoms with Crippen molar-refractivity contribution in [3.8, 4) is 11.5 Å². The molecule has 0 saturated carbocycles. The molecule has 0 aliphatic carbocycles. The summed E-state index contributed by atoms with van der Waals surface area (Å²) in [5.74, 6) is 1.26. The number of amides is 2. The van der Waals surface area contributed by atoms with Gasteiger partial charge < -0.3 is 29.7 Å². The van der Waals surface area contributed by atoms with Gasteiger partial charge in [-0.05, 0) is 43.7 Å². The second kappa shape index (κ2) is 13.9. The van der Waals surface area contributed by atoms with E-state index < -0.39 is 0 Å².